The summed E-state index contributed by atoms with van der Waals surface area (Å²) in [6, 6.07) is 16.4. The second-order valence-electron chi connectivity index (χ2n) is 4.84. The van der Waals surface area contributed by atoms with Gasteiger partial charge >= 0.3 is 0 Å². The maximum absolute atomic E-state index is 12.2. The maximum atomic E-state index is 12.2. The van der Waals surface area contributed by atoms with Gasteiger partial charge in [-0.3, -0.25) is 9.52 Å². The van der Waals surface area contributed by atoms with E-state index in [1.807, 2.05) is 30.3 Å². The fraction of sp³-hybridized carbons (Fsp3) is 0.188. The minimum absolute atomic E-state index is 0.281. The molecule has 0 unspecified atom stereocenters. The van der Waals surface area contributed by atoms with Gasteiger partial charge in [0.2, 0.25) is 10.0 Å². The summed E-state index contributed by atoms with van der Waals surface area (Å²) in [7, 11) is -3.43. The normalized spacial score (nSPS) is 11.0. The van der Waals surface area contributed by atoms with Gasteiger partial charge in [0, 0.05) is 17.2 Å². The Morgan fingerprint density at radius 2 is 1.70 bits per heavy atom. The monoisotopic (exact) mass is 350 g/mol. The number of hydrogen-bond donors (Lipinski definition) is 2. The summed E-state index contributed by atoms with van der Waals surface area (Å²) >= 11 is 1.65. The van der Waals surface area contributed by atoms with Gasteiger partial charge < -0.3 is 5.32 Å². The van der Waals surface area contributed by atoms with Gasteiger partial charge in [0.1, 0.15) is 0 Å². The Morgan fingerprint density at radius 3 is 2.39 bits per heavy atom. The van der Waals surface area contributed by atoms with Crippen LogP contribution in [0.1, 0.15) is 10.4 Å². The highest BCUT2D eigenvalue weighted by Crippen LogP contribution is 2.17. The number of nitrogens with one attached hydrogen (secondary N) is 2. The van der Waals surface area contributed by atoms with Crippen LogP contribution in [-0.2, 0) is 10.0 Å². The van der Waals surface area contributed by atoms with Crippen LogP contribution in [0.25, 0.3) is 0 Å². The summed E-state index contributed by atoms with van der Waals surface area (Å²) in [5.41, 5.74) is 0.589. The SMILES string of the molecule is CS(=O)(=O)Nc1ccccc1C(=O)NCCSc1ccccc1. The lowest BCUT2D eigenvalue weighted by atomic mass is 10.2. The summed E-state index contributed by atoms with van der Waals surface area (Å²) in [6.07, 6.45) is 1.05. The van der Waals surface area contributed by atoms with Crippen LogP contribution in [0.15, 0.2) is 59.5 Å². The molecule has 2 rings (SSSR count). The number of carbonyl (C=O) groups is 1. The fourth-order valence-electron chi connectivity index (χ4n) is 1.92. The van der Waals surface area contributed by atoms with E-state index in [0.29, 0.717) is 12.1 Å². The third-order valence-electron chi connectivity index (χ3n) is 2.87. The van der Waals surface area contributed by atoms with Gasteiger partial charge in [-0.05, 0) is 24.3 Å². The predicted molar refractivity (Wildman–Crippen MR) is 94.4 cm³/mol. The molecule has 0 aromatic heterocycles. The highest BCUT2D eigenvalue weighted by atomic mass is 32.2. The molecule has 1 amide bonds. The second kappa shape index (κ2) is 8.03. The largest absolute Gasteiger partial charge is 0.351 e. The third-order valence-corrected chi connectivity index (χ3v) is 4.47. The number of thioether (sulfide) groups is 1. The molecule has 0 aliphatic rings. The van der Waals surface area contributed by atoms with Crippen molar-refractivity contribution < 1.29 is 13.2 Å². The Morgan fingerprint density at radius 1 is 1.04 bits per heavy atom. The van der Waals surface area contributed by atoms with E-state index in [1.54, 1.807) is 36.0 Å². The van der Waals surface area contributed by atoms with Crippen LogP contribution in [0.5, 0.6) is 0 Å². The zero-order valence-corrected chi connectivity index (χ0v) is 14.3. The third kappa shape index (κ3) is 5.96. The van der Waals surface area contributed by atoms with Gasteiger partial charge in [-0.2, -0.15) is 0 Å². The number of para-hydroxylation sites is 1. The molecular weight excluding hydrogens is 332 g/mol. The molecular formula is C16H18N2O3S2. The van der Waals surface area contributed by atoms with E-state index < -0.39 is 10.0 Å². The second-order valence-corrected chi connectivity index (χ2v) is 7.75. The number of hydrogen-bond acceptors (Lipinski definition) is 4. The van der Waals surface area contributed by atoms with Crippen molar-refractivity contribution >= 4 is 33.4 Å². The minimum atomic E-state index is -3.43. The Hall–Kier alpha value is -1.99. The van der Waals surface area contributed by atoms with Crippen molar-refractivity contribution in [1.29, 1.82) is 0 Å². The van der Waals surface area contributed by atoms with Crippen LogP contribution in [0.3, 0.4) is 0 Å². The molecule has 0 bridgehead atoms. The molecule has 5 nitrogen and oxygen atoms in total. The predicted octanol–water partition coefficient (Wildman–Crippen LogP) is 2.58. The fourth-order valence-corrected chi connectivity index (χ4v) is 3.28. The lowest BCUT2D eigenvalue weighted by molar-refractivity contribution is 0.0957. The van der Waals surface area contributed by atoms with Crippen LogP contribution in [0.4, 0.5) is 5.69 Å². The first-order valence-corrected chi connectivity index (χ1v) is 9.86. The van der Waals surface area contributed by atoms with Crippen LogP contribution in [-0.4, -0.2) is 32.9 Å². The van der Waals surface area contributed by atoms with Crippen molar-refractivity contribution in [2.75, 3.05) is 23.3 Å². The van der Waals surface area contributed by atoms with Gasteiger partial charge in [0.05, 0.1) is 17.5 Å². The van der Waals surface area contributed by atoms with E-state index in [1.165, 1.54) is 0 Å². The van der Waals surface area contributed by atoms with Gasteiger partial charge in [0.25, 0.3) is 5.91 Å². The molecule has 0 atom stereocenters. The highest BCUT2D eigenvalue weighted by molar-refractivity contribution is 7.99. The molecule has 2 aromatic carbocycles. The molecule has 7 heteroatoms. The van der Waals surface area contributed by atoms with Crippen molar-refractivity contribution in [2.24, 2.45) is 0 Å². The van der Waals surface area contributed by atoms with Gasteiger partial charge in [-0.15, -0.1) is 11.8 Å². The lowest BCUT2D eigenvalue weighted by Gasteiger charge is -2.11. The molecule has 0 aliphatic carbocycles. The molecule has 122 valence electrons. The zero-order valence-electron chi connectivity index (χ0n) is 12.7. The number of benzene rings is 2. The standard InChI is InChI=1S/C16H18N2O3S2/c1-23(20,21)18-15-10-6-5-9-14(15)16(19)17-11-12-22-13-7-3-2-4-8-13/h2-10,18H,11-12H2,1H3,(H,17,19). The summed E-state index contributed by atoms with van der Waals surface area (Å²) in [4.78, 5) is 13.3. The van der Waals surface area contributed by atoms with Gasteiger partial charge in [-0.1, -0.05) is 30.3 Å². The highest BCUT2D eigenvalue weighted by Gasteiger charge is 2.13. The van der Waals surface area contributed by atoms with E-state index in [4.69, 9.17) is 0 Å². The van der Waals surface area contributed by atoms with Crippen LogP contribution >= 0.6 is 11.8 Å². The molecule has 23 heavy (non-hydrogen) atoms. The molecule has 0 spiro atoms. The Kier molecular flexibility index (Phi) is 6.06. The van der Waals surface area contributed by atoms with E-state index >= 15 is 0 Å². The number of amides is 1. The van der Waals surface area contributed by atoms with Crippen LogP contribution in [0.2, 0.25) is 0 Å². The average Bonchev–Trinajstić information content (AvgIpc) is 2.51. The Labute approximate surface area is 140 Å². The Bertz CT molecular complexity index is 762. The summed E-state index contributed by atoms with van der Waals surface area (Å²) in [5.74, 6) is 0.433. The molecule has 0 saturated heterocycles. The molecule has 2 aromatic rings. The number of sulfonamides is 1. The number of rotatable bonds is 7. The molecule has 0 radical (unpaired) electrons. The van der Waals surface area contributed by atoms with Crippen molar-refractivity contribution in [3.05, 3.63) is 60.2 Å². The first-order valence-electron chi connectivity index (χ1n) is 6.98. The minimum Gasteiger partial charge on any atom is -0.351 e. The first kappa shape index (κ1) is 17.4. The molecule has 0 fully saturated rings. The maximum Gasteiger partial charge on any atom is 0.253 e. The molecule has 2 N–H and O–H groups in total. The van der Waals surface area contributed by atoms with Crippen molar-refractivity contribution in [3.63, 3.8) is 0 Å². The van der Waals surface area contributed by atoms with E-state index in [9.17, 15) is 13.2 Å². The quantitative estimate of drug-likeness (QED) is 0.594. The van der Waals surface area contributed by atoms with E-state index in [0.717, 1.165) is 16.9 Å². The average molecular weight is 350 g/mol. The van der Waals surface area contributed by atoms with Gasteiger partial charge in [0.15, 0.2) is 0 Å². The van der Waals surface area contributed by atoms with Crippen molar-refractivity contribution in [1.82, 2.24) is 5.32 Å². The van der Waals surface area contributed by atoms with Crippen molar-refractivity contribution in [2.45, 2.75) is 4.90 Å². The zero-order chi connectivity index (χ0) is 16.7. The van der Waals surface area contributed by atoms with Crippen LogP contribution < -0.4 is 10.0 Å². The topological polar surface area (TPSA) is 75.3 Å². The molecule has 0 heterocycles. The summed E-state index contributed by atoms with van der Waals surface area (Å²) in [6.45, 7) is 0.492. The van der Waals surface area contributed by atoms with Crippen molar-refractivity contribution in [3.8, 4) is 0 Å². The first-order chi connectivity index (χ1) is 11.0. The number of anilines is 1. The smallest absolute Gasteiger partial charge is 0.253 e. The molecule has 0 aliphatic heterocycles. The van der Waals surface area contributed by atoms with E-state index in [2.05, 4.69) is 10.0 Å². The molecule has 0 saturated carbocycles. The van der Waals surface area contributed by atoms with Gasteiger partial charge in [-0.25, -0.2) is 8.42 Å². The summed E-state index contributed by atoms with van der Waals surface area (Å²) in [5, 5.41) is 2.80. The van der Waals surface area contributed by atoms with Crippen LogP contribution in [0, 0.1) is 0 Å². The summed E-state index contributed by atoms with van der Waals surface area (Å²) < 4.78 is 25.0. The lowest BCUT2D eigenvalue weighted by Crippen LogP contribution is -2.27. The Balaban J connectivity index is 1.91. The number of carbonyl (C=O) groups excluding carboxylic acids is 1. The van der Waals surface area contributed by atoms with E-state index in [-0.39, 0.29) is 11.6 Å².